The highest BCUT2D eigenvalue weighted by Gasteiger charge is 2.13. The Labute approximate surface area is 124 Å². The Kier molecular flexibility index (Phi) is 4.13. The predicted molar refractivity (Wildman–Crippen MR) is 87.8 cm³/mol. The van der Waals surface area contributed by atoms with Gasteiger partial charge in [0.15, 0.2) is 0 Å². The number of nitrogens with one attached hydrogen (secondary N) is 1. The van der Waals surface area contributed by atoms with Crippen molar-refractivity contribution in [1.29, 1.82) is 0 Å². The lowest BCUT2D eigenvalue weighted by Gasteiger charge is -2.30. The Morgan fingerprint density at radius 3 is 2.75 bits per heavy atom. The zero-order valence-electron chi connectivity index (χ0n) is 12.1. The lowest BCUT2D eigenvalue weighted by Crippen LogP contribution is -2.43. The maximum absolute atomic E-state index is 4.55. The summed E-state index contributed by atoms with van der Waals surface area (Å²) >= 11 is 1.89. The zero-order chi connectivity index (χ0) is 13.9. The molecule has 106 valence electrons. The van der Waals surface area contributed by atoms with Gasteiger partial charge in [-0.25, -0.2) is 0 Å². The molecule has 3 nitrogen and oxygen atoms in total. The van der Waals surface area contributed by atoms with Gasteiger partial charge >= 0.3 is 0 Å². The second-order valence-electron chi connectivity index (χ2n) is 5.41. The van der Waals surface area contributed by atoms with Crippen LogP contribution in [0.5, 0.6) is 0 Å². The van der Waals surface area contributed by atoms with Gasteiger partial charge in [0.05, 0.1) is 5.52 Å². The summed E-state index contributed by atoms with van der Waals surface area (Å²) in [6.07, 6.45) is 1.93. The van der Waals surface area contributed by atoms with Gasteiger partial charge in [0.2, 0.25) is 0 Å². The molecule has 1 aromatic heterocycles. The third-order valence-corrected chi connectivity index (χ3v) is 4.52. The number of rotatable bonds is 3. The van der Waals surface area contributed by atoms with Gasteiger partial charge in [-0.15, -0.1) is 11.8 Å². The van der Waals surface area contributed by atoms with Crippen molar-refractivity contribution in [3.05, 3.63) is 30.5 Å². The molecule has 1 aliphatic rings. The maximum Gasteiger partial charge on any atom is 0.0733 e. The van der Waals surface area contributed by atoms with Crippen molar-refractivity contribution < 1.29 is 0 Å². The van der Waals surface area contributed by atoms with Crippen LogP contribution >= 0.6 is 11.8 Å². The molecule has 0 bridgehead atoms. The molecule has 3 rings (SSSR count). The van der Waals surface area contributed by atoms with E-state index in [4.69, 9.17) is 0 Å². The first-order chi connectivity index (χ1) is 9.74. The zero-order valence-corrected chi connectivity index (χ0v) is 12.9. The first kappa shape index (κ1) is 13.7. The molecule has 1 saturated heterocycles. The number of hydrogen-bond donors (Lipinski definition) is 1. The molecule has 0 spiro atoms. The molecule has 1 fully saturated rings. The number of fused-ring (bicyclic) bond motifs is 1. The number of hydrogen-bond acceptors (Lipinski definition) is 4. The van der Waals surface area contributed by atoms with Crippen LogP contribution in [0, 0.1) is 0 Å². The topological polar surface area (TPSA) is 28.2 Å². The highest BCUT2D eigenvalue weighted by atomic mass is 32.2. The largest absolute Gasteiger partial charge is 0.368 e. The number of aromatic nitrogens is 1. The Morgan fingerprint density at radius 2 is 2.00 bits per heavy atom. The average molecular weight is 287 g/mol. The summed E-state index contributed by atoms with van der Waals surface area (Å²) < 4.78 is 0. The smallest absolute Gasteiger partial charge is 0.0733 e. The second-order valence-corrected chi connectivity index (χ2v) is 7.06. The Morgan fingerprint density at radius 1 is 1.20 bits per heavy atom. The first-order valence-corrected chi connectivity index (χ1v) is 8.13. The summed E-state index contributed by atoms with van der Waals surface area (Å²) in [5.41, 5.74) is 2.42. The van der Waals surface area contributed by atoms with Crippen LogP contribution in [-0.4, -0.2) is 36.4 Å². The summed E-state index contributed by atoms with van der Waals surface area (Å²) in [6, 6.07) is 8.80. The van der Waals surface area contributed by atoms with E-state index in [-0.39, 0.29) is 0 Å². The van der Waals surface area contributed by atoms with Crippen molar-refractivity contribution in [2.75, 3.05) is 31.1 Å². The van der Waals surface area contributed by atoms with E-state index in [1.54, 1.807) is 0 Å². The fraction of sp³-hybridized carbons (Fsp3) is 0.438. The molecule has 1 aliphatic heterocycles. The van der Waals surface area contributed by atoms with Crippen LogP contribution in [0.1, 0.15) is 13.8 Å². The molecule has 2 aromatic rings. The minimum absolute atomic E-state index is 0.601. The second kappa shape index (κ2) is 6.02. The molecule has 4 heteroatoms. The lowest BCUT2D eigenvalue weighted by molar-refractivity contribution is 0.590. The van der Waals surface area contributed by atoms with Gasteiger partial charge in [0, 0.05) is 53.6 Å². The van der Waals surface area contributed by atoms with Crippen molar-refractivity contribution in [3.8, 4) is 0 Å². The van der Waals surface area contributed by atoms with Crippen molar-refractivity contribution in [2.24, 2.45) is 0 Å². The molecule has 0 atom stereocenters. The number of anilines is 1. The quantitative estimate of drug-likeness (QED) is 0.878. The van der Waals surface area contributed by atoms with Gasteiger partial charge in [-0.05, 0) is 24.3 Å². The maximum atomic E-state index is 4.55. The molecule has 0 saturated carbocycles. The summed E-state index contributed by atoms with van der Waals surface area (Å²) in [5, 5.41) is 5.27. The van der Waals surface area contributed by atoms with Gasteiger partial charge in [0.25, 0.3) is 0 Å². The number of piperazine rings is 1. The number of nitrogens with zero attached hydrogens (tertiary/aromatic N) is 2. The monoisotopic (exact) mass is 287 g/mol. The molecule has 1 aromatic carbocycles. The molecule has 0 aliphatic carbocycles. The Hall–Kier alpha value is -1.26. The van der Waals surface area contributed by atoms with E-state index in [0.29, 0.717) is 5.25 Å². The summed E-state index contributed by atoms with van der Waals surface area (Å²) in [5.74, 6) is 0. The van der Waals surface area contributed by atoms with Gasteiger partial charge in [-0.2, -0.15) is 0 Å². The number of thioether (sulfide) groups is 1. The van der Waals surface area contributed by atoms with Crippen LogP contribution in [0.25, 0.3) is 10.9 Å². The van der Waals surface area contributed by atoms with E-state index in [0.717, 1.165) is 31.7 Å². The predicted octanol–water partition coefficient (Wildman–Crippen LogP) is 3.14. The molecule has 0 unspecified atom stereocenters. The SMILES string of the molecule is CC(C)Sc1ccc2c(N3CCNCC3)ccnc2c1. The first-order valence-electron chi connectivity index (χ1n) is 7.25. The van der Waals surface area contributed by atoms with Crippen LogP contribution in [0.4, 0.5) is 5.69 Å². The Bertz CT molecular complexity index is 591. The molecule has 20 heavy (non-hydrogen) atoms. The molecular formula is C16H21N3S. The fourth-order valence-electron chi connectivity index (χ4n) is 2.64. The van der Waals surface area contributed by atoms with Crippen molar-refractivity contribution in [1.82, 2.24) is 10.3 Å². The van der Waals surface area contributed by atoms with Crippen molar-refractivity contribution in [3.63, 3.8) is 0 Å². The number of pyridine rings is 1. The van der Waals surface area contributed by atoms with Gasteiger partial charge in [-0.3, -0.25) is 4.98 Å². The normalized spacial score (nSPS) is 16.1. The molecule has 0 radical (unpaired) electrons. The van der Waals surface area contributed by atoms with Crippen LogP contribution in [0.2, 0.25) is 0 Å². The van der Waals surface area contributed by atoms with E-state index in [2.05, 4.69) is 53.3 Å². The Balaban J connectivity index is 1.97. The number of benzene rings is 1. The van der Waals surface area contributed by atoms with Crippen molar-refractivity contribution in [2.45, 2.75) is 24.0 Å². The fourth-order valence-corrected chi connectivity index (χ4v) is 3.51. The van der Waals surface area contributed by atoms with E-state index in [1.165, 1.54) is 16.0 Å². The summed E-state index contributed by atoms with van der Waals surface area (Å²) in [7, 11) is 0. The van der Waals surface area contributed by atoms with Crippen LogP contribution in [0.3, 0.4) is 0 Å². The summed E-state index contributed by atoms with van der Waals surface area (Å²) in [4.78, 5) is 8.31. The van der Waals surface area contributed by atoms with Gasteiger partial charge in [-0.1, -0.05) is 13.8 Å². The minimum atomic E-state index is 0.601. The lowest BCUT2D eigenvalue weighted by atomic mass is 10.1. The van der Waals surface area contributed by atoms with Crippen LogP contribution in [-0.2, 0) is 0 Å². The standard InChI is InChI=1S/C16H21N3S/c1-12(2)20-13-3-4-14-15(11-13)18-6-5-16(14)19-9-7-17-8-10-19/h3-6,11-12,17H,7-10H2,1-2H3. The molecule has 0 amide bonds. The van der Waals surface area contributed by atoms with Crippen LogP contribution < -0.4 is 10.2 Å². The molecule has 1 N–H and O–H groups in total. The van der Waals surface area contributed by atoms with Gasteiger partial charge in [0.1, 0.15) is 0 Å². The molecular weight excluding hydrogens is 266 g/mol. The van der Waals surface area contributed by atoms with E-state index in [1.807, 2.05) is 18.0 Å². The molecule has 2 heterocycles. The van der Waals surface area contributed by atoms with E-state index >= 15 is 0 Å². The average Bonchev–Trinajstić information content (AvgIpc) is 2.46. The van der Waals surface area contributed by atoms with E-state index < -0.39 is 0 Å². The van der Waals surface area contributed by atoms with E-state index in [9.17, 15) is 0 Å². The minimum Gasteiger partial charge on any atom is -0.368 e. The highest BCUT2D eigenvalue weighted by molar-refractivity contribution is 7.99. The third-order valence-electron chi connectivity index (χ3n) is 3.52. The van der Waals surface area contributed by atoms with Crippen LogP contribution in [0.15, 0.2) is 35.4 Å². The summed E-state index contributed by atoms with van der Waals surface area (Å²) in [6.45, 7) is 8.71. The third kappa shape index (κ3) is 2.91. The van der Waals surface area contributed by atoms with Gasteiger partial charge < -0.3 is 10.2 Å². The van der Waals surface area contributed by atoms with Crippen molar-refractivity contribution >= 4 is 28.4 Å². The highest BCUT2D eigenvalue weighted by Crippen LogP contribution is 2.30.